The van der Waals surface area contributed by atoms with Crippen LogP contribution in [0.15, 0.2) is 29.3 Å². The zero-order chi connectivity index (χ0) is 20.5. The lowest BCUT2D eigenvalue weighted by atomic mass is 9.88. The molecule has 7 heteroatoms. The van der Waals surface area contributed by atoms with Gasteiger partial charge in [-0.3, -0.25) is 9.79 Å². The topological polar surface area (TPSA) is 66.0 Å². The molecule has 0 bridgehead atoms. The monoisotopic (exact) mass is 528 g/mol. The van der Waals surface area contributed by atoms with Crippen molar-refractivity contribution in [3.63, 3.8) is 0 Å². The van der Waals surface area contributed by atoms with E-state index in [2.05, 4.69) is 26.6 Å². The Bertz CT molecular complexity index is 688. The highest BCUT2D eigenvalue weighted by Crippen LogP contribution is 2.28. The smallest absolute Gasteiger partial charge is 0.227 e. The van der Waals surface area contributed by atoms with E-state index in [0.717, 1.165) is 55.7 Å². The van der Waals surface area contributed by atoms with Crippen molar-refractivity contribution in [2.45, 2.75) is 51.5 Å². The molecule has 2 saturated carbocycles. The van der Waals surface area contributed by atoms with Crippen molar-refractivity contribution in [2.24, 2.45) is 16.8 Å². The number of ether oxygens (including phenoxy) is 1. The molecule has 1 aromatic rings. The highest BCUT2D eigenvalue weighted by molar-refractivity contribution is 14.0. The normalized spacial score (nSPS) is 17.2. The van der Waals surface area contributed by atoms with Gasteiger partial charge in [0.1, 0.15) is 0 Å². The Morgan fingerprint density at radius 3 is 2.67 bits per heavy atom. The first kappa shape index (κ1) is 24.9. The van der Waals surface area contributed by atoms with E-state index in [1.165, 1.54) is 32.1 Å². The van der Waals surface area contributed by atoms with Gasteiger partial charge in [-0.05, 0) is 49.3 Å². The van der Waals surface area contributed by atoms with Crippen LogP contribution in [-0.2, 0) is 16.1 Å². The second-order valence-electron chi connectivity index (χ2n) is 8.37. The van der Waals surface area contributed by atoms with E-state index >= 15 is 0 Å². The van der Waals surface area contributed by atoms with Crippen molar-refractivity contribution < 1.29 is 9.53 Å². The van der Waals surface area contributed by atoms with Gasteiger partial charge in [0.25, 0.3) is 0 Å². The van der Waals surface area contributed by atoms with Gasteiger partial charge in [-0.1, -0.05) is 31.4 Å². The quantitative estimate of drug-likeness (QED) is 0.218. The van der Waals surface area contributed by atoms with Crippen LogP contribution >= 0.6 is 24.0 Å². The van der Waals surface area contributed by atoms with Gasteiger partial charge in [-0.25, -0.2) is 0 Å². The van der Waals surface area contributed by atoms with E-state index in [9.17, 15) is 4.79 Å². The van der Waals surface area contributed by atoms with E-state index in [1.807, 2.05) is 25.2 Å². The molecule has 2 fully saturated rings. The van der Waals surface area contributed by atoms with E-state index < -0.39 is 0 Å². The summed E-state index contributed by atoms with van der Waals surface area (Å²) in [5.74, 6) is 1.97. The van der Waals surface area contributed by atoms with Crippen molar-refractivity contribution in [3.05, 3.63) is 29.8 Å². The van der Waals surface area contributed by atoms with Crippen molar-refractivity contribution in [1.82, 2.24) is 10.2 Å². The van der Waals surface area contributed by atoms with Crippen LogP contribution in [0.25, 0.3) is 0 Å². The summed E-state index contributed by atoms with van der Waals surface area (Å²) in [5, 5.41) is 6.50. The van der Waals surface area contributed by atoms with Crippen LogP contribution in [0.4, 0.5) is 5.69 Å². The minimum atomic E-state index is 0. The number of hydrogen-bond donors (Lipinski definition) is 2. The van der Waals surface area contributed by atoms with Crippen LogP contribution in [-0.4, -0.2) is 50.6 Å². The molecular formula is C23H37IN4O2. The Hall–Kier alpha value is -1.35. The predicted molar refractivity (Wildman–Crippen MR) is 133 cm³/mol. The number of nitrogens with zero attached hydrogens (tertiary/aromatic N) is 2. The number of benzene rings is 1. The first-order valence-electron chi connectivity index (χ1n) is 11.0. The number of halogens is 1. The summed E-state index contributed by atoms with van der Waals surface area (Å²) in [7, 11) is 3.82. The van der Waals surface area contributed by atoms with Crippen LogP contribution in [0, 0.1) is 11.8 Å². The summed E-state index contributed by atoms with van der Waals surface area (Å²) >= 11 is 0. The number of anilines is 1. The first-order valence-corrected chi connectivity index (χ1v) is 11.0. The van der Waals surface area contributed by atoms with Gasteiger partial charge in [0.05, 0.1) is 6.61 Å². The van der Waals surface area contributed by atoms with Crippen molar-refractivity contribution in [1.29, 1.82) is 0 Å². The Morgan fingerprint density at radius 2 is 1.97 bits per heavy atom. The van der Waals surface area contributed by atoms with Gasteiger partial charge < -0.3 is 20.3 Å². The summed E-state index contributed by atoms with van der Waals surface area (Å²) in [5.41, 5.74) is 1.99. The number of likely N-dealkylation sites (N-methyl/N-ethyl adjacent to an activating group) is 1. The van der Waals surface area contributed by atoms with Crippen LogP contribution < -0.4 is 10.6 Å². The minimum Gasteiger partial charge on any atom is -0.379 e. The second kappa shape index (κ2) is 13.1. The molecule has 0 unspecified atom stereocenters. The zero-order valence-corrected chi connectivity index (χ0v) is 20.7. The fourth-order valence-corrected chi connectivity index (χ4v) is 3.78. The Labute approximate surface area is 198 Å². The third-order valence-corrected chi connectivity index (χ3v) is 5.82. The standard InChI is InChI=1S/C23H36N4O2.HI/c1-24-23(27(2)13-14-29-17-18-11-12-18)25-16-19-7-6-10-21(15-19)26-22(28)20-8-4-3-5-9-20;/h6-7,10,15,18,20H,3-5,8-9,11-14,16-17H2,1-2H3,(H,24,25)(H,26,28);1H. The highest BCUT2D eigenvalue weighted by atomic mass is 127. The van der Waals surface area contributed by atoms with E-state index in [-0.39, 0.29) is 35.8 Å². The lowest BCUT2D eigenvalue weighted by Gasteiger charge is -2.22. The summed E-state index contributed by atoms with van der Waals surface area (Å²) in [6.07, 6.45) is 8.26. The molecule has 2 N–H and O–H groups in total. The molecule has 1 aromatic carbocycles. The molecule has 0 spiro atoms. The third-order valence-electron chi connectivity index (χ3n) is 5.82. The van der Waals surface area contributed by atoms with E-state index in [4.69, 9.17) is 4.74 Å². The number of hydrogen-bond acceptors (Lipinski definition) is 3. The van der Waals surface area contributed by atoms with Gasteiger partial charge in [0.2, 0.25) is 5.91 Å². The largest absolute Gasteiger partial charge is 0.379 e. The molecule has 2 aliphatic carbocycles. The summed E-state index contributed by atoms with van der Waals surface area (Å²) in [6.45, 7) is 3.08. The molecule has 0 atom stereocenters. The van der Waals surface area contributed by atoms with Gasteiger partial charge in [0, 0.05) is 45.4 Å². The lowest BCUT2D eigenvalue weighted by Crippen LogP contribution is -2.40. The molecule has 2 aliphatic rings. The molecular weight excluding hydrogens is 491 g/mol. The van der Waals surface area contributed by atoms with Crippen molar-refractivity contribution in [3.8, 4) is 0 Å². The lowest BCUT2D eigenvalue weighted by molar-refractivity contribution is -0.120. The zero-order valence-electron chi connectivity index (χ0n) is 18.4. The maximum atomic E-state index is 12.5. The predicted octanol–water partition coefficient (Wildman–Crippen LogP) is 4.26. The summed E-state index contributed by atoms with van der Waals surface area (Å²) in [6, 6.07) is 8.06. The fourth-order valence-electron chi connectivity index (χ4n) is 3.78. The SMILES string of the molecule is CN=C(NCc1cccc(NC(=O)C2CCCCC2)c1)N(C)CCOCC1CC1.I. The van der Waals surface area contributed by atoms with Crippen molar-refractivity contribution in [2.75, 3.05) is 39.2 Å². The van der Waals surface area contributed by atoms with Crippen LogP contribution in [0.3, 0.4) is 0 Å². The van der Waals surface area contributed by atoms with Gasteiger partial charge >= 0.3 is 0 Å². The number of rotatable bonds is 9. The molecule has 30 heavy (non-hydrogen) atoms. The number of amides is 1. The molecule has 0 aliphatic heterocycles. The van der Waals surface area contributed by atoms with Crippen molar-refractivity contribution >= 4 is 41.5 Å². The Balaban J connectivity index is 0.00000320. The van der Waals surface area contributed by atoms with Crippen LogP contribution in [0.2, 0.25) is 0 Å². The maximum absolute atomic E-state index is 12.5. The molecule has 3 rings (SSSR count). The number of guanidine groups is 1. The highest BCUT2D eigenvalue weighted by Gasteiger charge is 2.22. The fraction of sp³-hybridized carbons (Fsp3) is 0.652. The third kappa shape index (κ3) is 8.41. The average Bonchev–Trinajstić information content (AvgIpc) is 3.57. The second-order valence-corrected chi connectivity index (χ2v) is 8.37. The summed E-state index contributed by atoms with van der Waals surface area (Å²) in [4.78, 5) is 18.9. The Morgan fingerprint density at radius 1 is 1.20 bits per heavy atom. The molecule has 0 aromatic heterocycles. The molecule has 0 saturated heterocycles. The molecule has 0 heterocycles. The number of nitrogens with one attached hydrogen (secondary N) is 2. The summed E-state index contributed by atoms with van der Waals surface area (Å²) < 4.78 is 5.72. The molecule has 0 radical (unpaired) electrons. The van der Waals surface area contributed by atoms with Gasteiger partial charge in [-0.2, -0.15) is 0 Å². The number of carbonyl (C=O) groups is 1. The maximum Gasteiger partial charge on any atom is 0.227 e. The van der Waals surface area contributed by atoms with E-state index in [1.54, 1.807) is 7.05 Å². The molecule has 1 amide bonds. The molecule has 6 nitrogen and oxygen atoms in total. The average molecular weight is 528 g/mol. The van der Waals surface area contributed by atoms with Crippen LogP contribution in [0.5, 0.6) is 0 Å². The number of carbonyl (C=O) groups excluding carboxylic acids is 1. The first-order chi connectivity index (χ1) is 14.2. The van der Waals surface area contributed by atoms with Gasteiger partial charge in [-0.15, -0.1) is 24.0 Å². The van der Waals surface area contributed by atoms with Crippen LogP contribution in [0.1, 0.15) is 50.5 Å². The molecule has 168 valence electrons. The van der Waals surface area contributed by atoms with E-state index in [0.29, 0.717) is 6.54 Å². The Kier molecular flexibility index (Phi) is 10.9. The minimum absolute atomic E-state index is 0. The van der Waals surface area contributed by atoms with Gasteiger partial charge in [0.15, 0.2) is 5.96 Å². The number of aliphatic imine (C=N–C) groups is 1.